The van der Waals surface area contributed by atoms with Gasteiger partial charge >= 0.3 is 13.7 Å². The molecule has 0 radical (unpaired) electrons. The fourth-order valence-corrected chi connectivity index (χ4v) is 3.84. The highest BCUT2D eigenvalue weighted by Crippen LogP contribution is 2.59. The smallest absolute Gasteiger partial charge is 0.408 e. The highest BCUT2D eigenvalue weighted by Gasteiger charge is 2.39. The average Bonchev–Trinajstić information content (AvgIpc) is 2.44. The minimum absolute atomic E-state index is 0.205. The molecule has 130 valence electrons. The fourth-order valence-electron chi connectivity index (χ4n) is 1.95. The molecule has 0 fully saturated rings. The number of ether oxygens (including phenoxy) is 1. The van der Waals surface area contributed by atoms with Gasteiger partial charge in [-0.3, -0.25) is 4.57 Å². The number of hydrogen-bond acceptors (Lipinski definition) is 5. The summed E-state index contributed by atoms with van der Waals surface area (Å²) in [6, 6.07) is 8.93. The van der Waals surface area contributed by atoms with E-state index in [2.05, 4.69) is 5.32 Å². The molecule has 1 aromatic carbocycles. The number of carbonyl (C=O) groups is 1. The summed E-state index contributed by atoms with van der Waals surface area (Å²) in [5, 5.41) is 2.63. The van der Waals surface area contributed by atoms with Gasteiger partial charge in [0.2, 0.25) is 0 Å². The van der Waals surface area contributed by atoms with E-state index in [0.717, 1.165) is 0 Å². The predicted octanol–water partition coefficient (Wildman–Crippen LogP) is 4.48. The van der Waals surface area contributed by atoms with E-state index >= 15 is 0 Å². The summed E-state index contributed by atoms with van der Waals surface area (Å²) < 4.78 is 29.1. The van der Waals surface area contributed by atoms with Crippen LogP contribution in [0.2, 0.25) is 0 Å². The van der Waals surface area contributed by atoms with Crippen molar-refractivity contribution in [3.8, 4) is 0 Å². The summed E-state index contributed by atoms with van der Waals surface area (Å²) in [6.45, 7) is 9.13. The molecule has 1 N–H and O–H groups in total. The number of nitrogens with one attached hydrogen (secondary N) is 1. The van der Waals surface area contributed by atoms with Gasteiger partial charge in [0.05, 0.1) is 13.2 Å². The van der Waals surface area contributed by atoms with E-state index in [1.807, 2.05) is 6.07 Å². The molecule has 0 heterocycles. The van der Waals surface area contributed by atoms with E-state index in [4.69, 9.17) is 13.8 Å². The second kappa shape index (κ2) is 8.48. The molecule has 0 bridgehead atoms. The summed E-state index contributed by atoms with van der Waals surface area (Å²) >= 11 is 0. The molecule has 6 nitrogen and oxygen atoms in total. The Labute approximate surface area is 138 Å². The number of carbonyl (C=O) groups excluding carboxylic acids is 1. The first-order chi connectivity index (χ1) is 10.7. The van der Waals surface area contributed by atoms with Gasteiger partial charge in [0.1, 0.15) is 5.60 Å². The van der Waals surface area contributed by atoms with Crippen molar-refractivity contribution in [2.24, 2.45) is 0 Å². The first kappa shape index (κ1) is 19.7. The van der Waals surface area contributed by atoms with Gasteiger partial charge in [-0.2, -0.15) is 0 Å². The van der Waals surface area contributed by atoms with Gasteiger partial charge in [-0.25, -0.2) is 4.79 Å². The largest absolute Gasteiger partial charge is 0.444 e. The monoisotopic (exact) mass is 343 g/mol. The molecule has 0 aromatic heterocycles. The first-order valence-electron chi connectivity index (χ1n) is 7.65. The van der Waals surface area contributed by atoms with E-state index in [0.29, 0.717) is 5.56 Å². The Morgan fingerprint density at radius 3 is 2.09 bits per heavy atom. The third-order valence-corrected chi connectivity index (χ3v) is 5.00. The Hall–Kier alpha value is -1.36. The third-order valence-electron chi connectivity index (χ3n) is 2.70. The van der Waals surface area contributed by atoms with Crippen molar-refractivity contribution < 1.29 is 23.1 Å². The van der Waals surface area contributed by atoms with Crippen LogP contribution in [-0.4, -0.2) is 24.9 Å². The van der Waals surface area contributed by atoms with Crippen molar-refractivity contribution in [2.45, 2.75) is 46.0 Å². The molecule has 0 aliphatic rings. The fraction of sp³-hybridized carbons (Fsp3) is 0.562. The maximum absolute atomic E-state index is 13.1. The second-order valence-corrected chi connectivity index (χ2v) is 7.95. The Bertz CT molecular complexity index is 531. The number of benzene rings is 1. The summed E-state index contributed by atoms with van der Waals surface area (Å²) in [5.74, 6) is -0.932. The Balaban J connectivity index is 3.12. The van der Waals surface area contributed by atoms with Crippen LogP contribution in [0.1, 0.15) is 46.0 Å². The highest BCUT2D eigenvalue weighted by atomic mass is 31.2. The van der Waals surface area contributed by atoms with Crippen molar-refractivity contribution in [2.75, 3.05) is 13.2 Å². The molecular formula is C16H26NO5P. The molecular weight excluding hydrogens is 317 g/mol. The van der Waals surface area contributed by atoms with Gasteiger partial charge in [0.25, 0.3) is 0 Å². The molecule has 0 unspecified atom stereocenters. The molecule has 7 heteroatoms. The van der Waals surface area contributed by atoms with Crippen LogP contribution in [0, 0.1) is 0 Å². The van der Waals surface area contributed by atoms with Crippen LogP contribution in [0.5, 0.6) is 0 Å². The number of amides is 1. The van der Waals surface area contributed by atoms with Crippen molar-refractivity contribution in [3.63, 3.8) is 0 Å². The molecule has 0 saturated heterocycles. The SMILES string of the molecule is CCOP(=O)(OCC)[C@H](NC(=O)OC(C)(C)C)c1ccccc1. The van der Waals surface area contributed by atoms with E-state index in [1.165, 1.54) is 0 Å². The zero-order chi connectivity index (χ0) is 17.5. The molecule has 1 aromatic rings. The lowest BCUT2D eigenvalue weighted by atomic mass is 10.2. The maximum Gasteiger partial charge on any atom is 0.408 e. The lowest BCUT2D eigenvalue weighted by Crippen LogP contribution is -2.35. The van der Waals surface area contributed by atoms with Crippen molar-refractivity contribution in [1.82, 2.24) is 5.32 Å². The molecule has 1 atom stereocenters. The lowest BCUT2D eigenvalue weighted by Gasteiger charge is -2.28. The summed E-state index contributed by atoms with van der Waals surface area (Å²) in [4.78, 5) is 12.1. The highest BCUT2D eigenvalue weighted by molar-refractivity contribution is 7.54. The van der Waals surface area contributed by atoms with Gasteiger partial charge in [-0.1, -0.05) is 30.3 Å². The number of rotatable bonds is 7. The predicted molar refractivity (Wildman–Crippen MR) is 89.4 cm³/mol. The molecule has 23 heavy (non-hydrogen) atoms. The zero-order valence-electron chi connectivity index (χ0n) is 14.4. The van der Waals surface area contributed by atoms with Crippen LogP contribution in [0.25, 0.3) is 0 Å². The minimum Gasteiger partial charge on any atom is -0.444 e. The number of alkyl carbamates (subject to hydrolysis) is 1. The first-order valence-corrected chi connectivity index (χ1v) is 9.26. The molecule has 0 saturated carbocycles. The molecule has 1 rings (SSSR count). The summed E-state index contributed by atoms with van der Waals surface area (Å²) in [7, 11) is -3.58. The van der Waals surface area contributed by atoms with Crippen molar-refractivity contribution in [1.29, 1.82) is 0 Å². The van der Waals surface area contributed by atoms with Crippen LogP contribution in [0.3, 0.4) is 0 Å². The zero-order valence-corrected chi connectivity index (χ0v) is 15.3. The van der Waals surface area contributed by atoms with E-state index < -0.39 is 25.1 Å². The summed E-state index contributed by atoms with van der Waals surface area (Å²) in [6.07, 6.45) is -0.675. The van der Waals surface area contributed by atoms with Crippen LogP contribution in [0.15, 0.2) is 30.3 Å². The molecule has 0 spiro atoms. The normalized spacial score (nSPS) is 13.4. The average molecular weight is 343 g/mol. The standard InChI is InChI=1S/C16H26NO5P/c1-6-20-23(19,21-7-2)14(13-11-9-8-10-12-13)17-15(18)22-16(3,4)5/h8-12,14H,6-7H2,1-5H3,(H,17,18)/t14-/m0/s1. The van der Waals surface area contributed by atoms with Gasteiger partial charge in [-0.05, 0) is 40.2 Å². The van der Waals surface area contributed by atoms with Gasteiger partial charge in [0.15, 0.2) is 5.78 Å². The van der Waals surface area contributed by atoms with Gasteiger partial charge in [-0.15, -0.1) is 0 Å². The molecule has 1 amide bonds. The van der Waals surface area contributed by atoms with Crippen LogP contribution >= 0.6 is 7.60 Å². The van der Waals surface area contributed by atoms with E-state index in [9.17, 15) is 9.36 Å². The quantitative estimate of drug-likeness (QED) is 0.739. The molecule has 0 aliphatic carbocycles. The lowest BCUT2D eigenvalue weighted by molar-refractivity contribution is 0.0508. The van der Waals surface area contributed by atoms with Crippen molar-refractivity contribution in [3.05, 3.63) is 35.9 Å². The van der Waals surface area contributed by atoms with Gasteiger partial charge in [0, 0.05) is 0 Å². The topological polar surface area (TPSA) is 73.9 Å². The van der Waals surface area contributed by atoms with Crippen molar-refractivity contribution >= 4 is 13.7 Å². The Morgan fingerprint density at radius 2 is 1.65 bits per heavy atom. The Morgan fingerprint density at radius 1 is 1.13 bits per heavy atom. The Kier molecular flexibility index (Phi) is 7.26. The second-order valence-electron chi connectivity index (χ2n) is 5.83. The summed E-state index contributed by atoms with van der Waals surface area (Å²) in [5.41, 5.74) is -0.0319. The molecule has 0 aliphatic heterocycles. The van der Waals surface area contributed by atoms with Gasteiger partial charge < -0.3 is 19.1 Å². The number of hydrogen-bond donors (Lipinski definition) is 1. The van der Waals surface area contributed by atoms with E-state index in [-0.39, 0.29) is 13.2 Å². The van der Waals surface area contributed by atoms with E-state index in [1.54, 1.807) is 58.9 Å². The third kappa shape index (κ3) is 6.34. The van der Waals surface area contributed by atoms with Crippen LogP contribution < -0.4 is 5.32 Å². The van der Waals surface area contributed by atoms with Crippen LogP contribution in [0.4, 0.5) is 4.79 Å². The van der Waals surface area contributed by atoms with Crippen LogP contribution in [-0.2, 0) is 18.3 Å². The minimum atomic E-state index is -3.58. The maximum atomic E-state index is 13.1.